The summed E-state index contributed by atoms with van der Waals surface area (Å²) in [4.78, 5) is 12.5. The Morgan fingerprint density at radius 1 is 1.42 bits per heavy atom. The Labute approximate surface area is 141 Å². The maximum atomic E-state index is 12.5. The summed E-state index contributed by atoms with van der Waals surface area (Å²) in [5.41, 5.74) is -0.583. The van der Waals surface area contributed by atoms with Gasteiger partial charge in [-0.2, -0.15) is 0 Å². The van der Waals surface area contributed by atoms with Gasteiger partial charge in [-0.15, -0.1) is 0 Å². The molecule has 24 heavy (non-hydrogen) atoms. The molecule has 0 bridgehead atoms. The third kappa shape index (κ3) is 2.75. The van der Waals surface area contributed by atoms with Gasteiger partial charge in [-0.1, -0.05) is 37.3 Å². The van der Waals surface area contributed by atoms with E-state index in [4.69, 9.17) is 4.74 Å². The van der Waals surface area contributed by atoms with Crippen molar-refractivity contribution in [2.75, 3.05) is 19.7 Å². The van der Waals surface area contributed by atoms with Gasteiger partial charge < -0.3 is 24.8 Å². The standard InChI is InChI=1S/C18H23NO5/c1-2-18(22,14-6-4-3-5-7-14)17(21)24-12-13-8-10-19(23)11-9-15(20)16(13)19/h3-8,15-16,20,22H,2,9-12H2,1H3/t15-,16-,18-,19?/m1/s1. The molecule has 1 aromatic carbocycles. The van der Waals surface area contributed by atoms with Crippen LogP contribution in [0.1, 0.15) is 25.3 Å². The molecule has 6 heteroatoms. The molecule has 4 atom stereocenters. The van der Waals surface area contributed by atoms with Crippen LogP contribution in [0.5, 0.6) is 0 Å². The zero-order valence-electron chi connectivity index (χ0n) is 13.7. The minimum Gasteiger partial charge on any atom is -0.632 e. The normalized spacial score (nSPS) is 31.2. The van der Waals surface area contributed by atoms with Gasteiger partial charge in [-0.25, -0.2) is 4.79 Å². The Balaban J connectivity index is 1.69. The third-order valence-corrected chi connectivity index (χ3v) is 5.19. The van der Waals surface area contributed by atoms with E-state index in [0.29, 0.717) is 30.6 Å². The van der Waals surface area contributed by atoms with Gasteiger partial charge >= 0.3 is 5.97 Å². The number of carbonyl (C=O) groups excluding carboxylic acids is 1. The number of hydrogen-bond donors (Lipinski definition) is 2. The lowest BCUT2D eigenvalue weighted by molar-refractivity contribution is -0.877. The lowest BCUT2D eigenvalue weighted by atomic mass is 9.91. The van der Waals surface area contributed by atoms with E-state index in [0.717, 1.165) is 0 Å². The largest absolute Gasteiger partial charge is 0.632 e. The molecule has 2 aliphatic heterocycles. The molecule has 1 saturated heterocycles. The van der Waals surface area contributed by atoms with Crippen LogP contribution < -0.4 is 0 Å². The quantitative estimate of drug-likeness (QED) is 0.366. The lowest BCUT2D eigenvalue weighted by Gasteiger charge is -2.40. The molecule has 2 N–H and O–H groups in total. The van der Waals surface area contributed by atoms with E-state index in [1.165, 1.54) is 0 Å². The zero-order valence-corrected chi connectivity index (χ0v) is 13.7. The monoisotopic (exact) mass is 333 g/mol. The van der Waals surface area contributed by atoms with Crippen LogP contribution in [-0.2, 0) is 15.1 Å². The van der Waals surface area contributed by atoms with Gasteiger partial charge in [0, 0.05) is 12.0 Å². The van der Waals surface area contributed by atoms with E-state index in [1.807, 2.05) is 6.07 Å². The first-order chi connectivity index (χ1) is 11.4. The Morgan fingerprint density at radius 3 is 2.79 bits per heavy atom. The molecule has 0 spiro atoms. The summed E-state index contributed by atoms with van der Waals surface area (Å²) in [6, 6.07) is 8.12. The van der Waals surface area contributed by atoms with Gasteiger partial charge in [0.05, 0.1) is 13.1 Å². The molecule has 1 fully saturated rings. The topological polar surface area (TPSA) is 89.8 Å². The van der Waals surface area contributed by atoms with Crippen molar-refractivity contribution in [1.82, 2.24) is 0 Å². The number of ether oxygens (including phenoxy) is 1. The SMILES string of the molecule is CC[C@](O)(C(=O)OCC1=CC[N+]2([O-])CC[C@@H](O)[C@@H]12)c1ccccc1. The molecule has 2 heterocycles. The minimum atomic E-state index is -1.71. The predicted octanol–water partition coefficient (Wildman–Crippen LogP) is 1.22. The Morgan fingerprint density at radius 2 is 2.12 bits per heavy atom. The van der Waals surface area contributed by atoms with Gasteiger partial charge in [0.2, 0.25) is 0 Å². The highest BCUT2D eigenvalue weighted by molar-refractivity contribution is 5.81. The number of esters is 1. The highest BCUT2D eigenvalue weighted by Gasteiger charge is 2.48. The molecule has 1 aromatic rings. The highest BCUT2D eigenvalue weighted by atomic mass is 16.6. The lowest BCUT2D eigenvalue weighted by Crippen LogP contribution is -2.47. The number of aliphatic hydroxyl groups is 2. The predicted molar refractivity (Wildman–Crippen MR) is 87.4 cm³/mol. The van der Waals surface area contributed by atoms with Crippen molar-refractivity contribution in [3.8, 4) is 0 Å². The third-order valence-electron chi connectivity index (χ3n) is 5.19. The number of hydroxylamine groups is 3. The first kappa shape index (κ1) is 17.1. The molecule has 1 unspecified atom stereocenters. The van der Waals surface area contributed by atoms with Crippen molar-refractivity contribution in [2.45, 2.75) is 37.5 Å². The number of aliphatic hydroxyl groups excluding tert-OH is 1. The fourth-order valence-electron chi connectivity index (χ4n) is 3.70. The number of hydrogen-bond acceptors (Lipinski definition) is 5. The van der Waals surface area contributed by atoms with Crippen molar-refractivity contribution in [2.24, 2.45) is 0 Å². The average Bonchev–Trinajstić information content (AvgIpc) is 3.09. The number of nitrogens with zero attached hydrogens (tertiary/aromatic N) is 1. The van der Waals surface area contributed by atoms with Crippen LogP contribution in [0.25, 0.3) is 0 Å². The zero-order chi connectivity index (χ0) is 17.4. The highest BCUT2D eigenvalue weighted by Crippen LogP contribution is 2.36. The van der Waals surface area contributed by atoms with Crippen LogP contribution >= 0.6 is 0 Å². The van der Waals surface area contributed by atoms with Crippen LogP contribution in [0.4, 0.5) is 0 Å². The molecule has 0 aromatic heterocycles. The molecule has 130 valence electrons. The van der Waals surface area contributed by atoms with Crippen molar-refractivity contribution in [1.29, 1.82) is 0 Å². The van der Waals surface area contributed by atoms with E-state index in [9.17, 15) is 20.2 Å². The molecule has 0 amide bonds. The van der Waals surface area contributed by atoms with Crippen LogP contribution in [-0.4, -0.2) is 52.7 Å². The second kappa shape index (κ2) is 6.29. The molecule has 0 aliphatic carbocycles. The van der Waals surface area contributed by atoms with E-state index in [1.54, 1.807) is 37.3 Å². The summed E-state index contributed by atoms with van der Waals surface area (Å²) in [7, 11) is 0. The second-order valence-electron chi connectivity index (χ2n) is 6.59. The van der Waals surface area contributed by atoms with Gasteiger partial charge in [0.1, 0.15) is 18.8 Å². The van der Waals surface area contributed by atoms with Gasteiger partial charge in [-0.05, 0) is 18.1 Å². The maximum absolute atomic E-state index is 12.5. The van der Waals surface area contributed by atoms with Gasteiger partial charge in [0.15, 0.2) is 5.60 Å². The summed E-state index contributed by atoms with van der Waals surface area (Å²) in [5.74, 6) is -0.736. The summed E-state index contributed by atoms with van der Waals surface area (Å²) in [6.07, 6.45) is 1.69. The van der Waals surface area contributed by atoms with Crippen LogP contribution in [0, 0.1) is 5.21 Å². The van der Waals surface area contributed by atoms with Gasteiger partial charge in [-0.3, -0.25) is 0 Å². The number of benzene rings is 1. The summed E-state index contributed by atoms with van der Waals surface area (Å²) in [5, 5.41) is 33.3. The molecule has 0 radical (unpaired) electrons. The fraction of sp³-hybridized carbons (Fsp3) is 0.500. The molecular weight excluding hydrogens is 310 g/mol. The van der Waals surface area contributed by atoms with Crippen molar-refractivity contribution >= 4 is 5.97 Å². The average molecular weight is 333 g/mol. The summed E-state index contributed by atoms with van der Waals surface area (Å²) in [6.45, 7) is 2.31. The van der Waals surface area contributed by atoms with Gasteiger partial charge in [0.25, 0.3) is 0 Å². The molecule has 3 rings (SSSR count). The molecular formula is C18H23NO5. The fourth-order valence-corrected chi connectivity index (χ4v) is 3.70. The molecule has 2 aliphatic rings. The Kier molecular flexibility index (Phi) is 4.48. The molecule has 6 nitrogen and oxygen atoms in total. The summed E-state index contributed by atoms with van der Waals surface area (Å²) >= 11 is 0. The van der Waals surface area contributed by atoms with Crippen molar-refractivity contribution < 1.29 is 24.4 Å². The van der Waals surface area contributed by atoms with Crippen molar-refractivity contribution in [3.63, 3.8) is 0 Å². The first-order valence-electron chi connectivity index (χ1n) is 8.30. The maximum Gasteiger partial charge on any atom is 0.343 e. The first-order valence-corrected chi connectivity index (χ1v) is 8.30. The van der Waals surface area contributed by atoms with Crippen LogP contribution in [0.15, 0.2) is 42.0 Å². The molecule has 0 saturated carbocycles. The van der Waals surface area contributed by atoms with E-state index < -0.39 is 28.4 Å². The number of carbonyl (C=O) groups is 1. The minimum absolute atomic E-state index is 0.0715. The number of quaternary nitrogens is 1. The Bertz CT molecular complexity index is 646. The van der Waals surface area contributed by atoms with E-state index in [2.05, 4.69) is 0 Å². The Hall–Kier alpha value is -1.73. The van der Waals surface area contributed by atoms with E-state index in [-0.39, 0.29) is 13.0 Å². The van der Waals surface area contributed by atoms with Crippen molar-refractivity contribution in [3.05, 3.63) is 52.8 Å². The number of fused-ring (bicyclic) bond motifs is 1. The smallest absolute Gasteiger partial charge is 0.343 e. The van der Waals surface area contributed by atoms with Crippen LogP contribution in [0.3, 0.4) is 0 Å². The van der Waals surface area contributed by atoms with E-state index >= 15 is 0 Å². The second-order valence-corrected chi connectivity index (χ2v) is 6.59. The number of rotatable bonds is 5. The summed E-state index contributed by atoms with van der Waals surface area (Å²) < 4.78 is 4.85. The van der Waals surface area contributed by atoms with Crippen LogP contribution in [0.2, 0.25) is 0 Å².